The van der Waals surface area contributed by atoms with Crippen LogP contribution in [0.15, 0.2) is 85.2 Å². The summed E-state index contributed by atoms with van der Waals surface area (Å²) in [7, 11) is 0. The predicted molar refractivity (Wildman–Crippen MR) is 116 cm³/mol. The van der Waals surface area contributed by atoms with Crippen LogP contribution in [0.1, 0.15) is 17.3 Å². The van der Waals surface area contributed by atoms with Crippen molar-refractivity contribution in [1.82, 2.24) is 20.2 Å². The Morgan fingerprint density at radius 2 is 1.59 bits per heavy atom. The molecule has 160 valence electrons. The molecule has 1 aromatic heterocycles. The van der Waals surface area contributed by atoms with Gasteiger partial charge in [-0.1, -0.05) is 18.2 Å². The van der Waals surface area contributed by atoms with Crippen LogP contribution in [0, 0.1) is 0 Å². The Labute approximate surface area is 183 Å². The van der Waals surface area contributed by atoms with E-state index in [9.17, 15) is 9.59 Å². The van der Waals surface area contributed by atoms with Gasteiger partial charge in [-0.05, 0) is 78.0 Å². The number of rotatable bonds is 7. The lowest BCUT2D eigenvalue weighted by Gasteiger charge is -2.14. The summed E-state index contributed by atoms with van der Waals surface area (Å²) in [6, 6.07) is 22.8. The molecule has 1 heterocycles. The lowest BCUT2D eigenvalue weighted by atomic mass is 10.2. The fraction of sp³-hybridized carbons (Fsp3) is 0.0870. The van der Waals surface area contributed by atoms with Crippen molar-refractivity contribution >= 4 is 17.6 Å². The van der Waals surface area contributed by atoms with Crippen LogP contribution in [-0.2, 0) is 9.53 Å². The van der Waals surface area contributed by atoms with E-state index in [1.165, 1.54) is 17.9 Å². The molecule has 0 saturated heterocycles. The second-order valence-electron chi connectivity index (χ2n) is 6.78. The first-order valence-corrected chi connectivity index (χ1v) is 9.77. The largest absolute Gasteiger partial charge is 0.457 e. The normalized spacial score (nSPS) is 11.4. The van der Waals surface area contributed by atoms with Crippen LogP contribution in [-0.4, -0.2) is 38.2 Å². The van der Waals surface area contributed by atoms with Crippen molar-refractivity contribution in [3.8, 4) is 17.2 Å². The number of esters is 1. The van der Waals surface area contributed by atoms with E-state index in [0.29, 0.717) is 22.7 Å². The van der Waals surface area contributed by atoms with E-state index in [1.807, 2.05) is 30.3 Å². The van der Waals surface area contributed by atoms with Crippen molar-refractivity contribution in [2.45, 2.75) is 13.0 Å². The van der Waals surface area contributed by atoms with Gasteiger partial charge in [0, 0.05) is 5.69 Å². The maximum Gasteiger partial charge on any atom is 0.338 e. The minimum Gasteiger partial charge on any atom is -0.457 e. The molecule has 0 saturated carbocycles. The van der Waals surface area contributed by atoms with E-state index >= 15 is 0 Å². The van der Waals surface area contributed by atoms with Gasteiger partial charge in [-0.15, -0.1) is 5.10 Å². The van der Waals surface area contributed by atoms with Gasteiger partial charge in [0.05, 0.1) is 11.3 Å². The Morgan fingerprint density at radius 3 is 2.25 bits per heavy atom. The average molecular weight is 429 g/mol. The number of nitrogens with zero attached hydrogens (tertiary/aromatic N) is 4. The first-order chi connectivity index (χ1) is 15.6. The smallest absolute Gasteiger partial charge is 0.338 e. The monoisotopic (exact) mass is 429 g/mol. The van der Waals surface area contributed by atoms with Crippen molar-refractivity contribution in [3.63, 3.8) is 0 Å². The molecule has 0 spiro atoms. The highest BCUT2D eigenvalue weighted by molar-refractivity contribution is 5.97. The standard InChI is InChI=1S/C23H19N5O4/c1-16(31-23(30)17-7-11-19(12-8-17)28-15-24-26-27-28)22(29)25-18-9-13-21(14-10-18)32-20-5-3-2-4-6-20/h2-16H,1H3,(H,25,29)/t16-/m1/s1. The summed E-state index contributed by atoms with van der Waals surface area (Å²) in [5, 5.41) is 13.6. The lowest BCUT2D eigenvalue weighted by molar-refractivity contribution is -0.123. The molecule has 0 aliphatic carbocycles. The Balaban J connectivity index is 1.31. The van der Waals surface area contributed by atoms with Crippen molar-refractivity contribution in [2.24, 2.45) is 0 Å². The molecule has 0 aliphatic rings. The molecule has 3 aromatic carbocycles. The summed E-state index contributed by atoms with van der Waals surface area (Å²) in [5.74, 6) is 0.303. The third kappa shape index (κ3) is 5.14. The third-order valence-corrected chi connectivity index (χ3v) is 4.47. The number of anilines is 1. The molecule has 4 rings (SSSR count). The highest BCUT2D eigenvalue weighted by Gasteiger charge is 2.19. The zero-order chi connectivity index (χ0) is 22.3. The average Bonchev–Trinajstić information content (AvgIpc) is 3.36. The Morgan fingerprint density at radius 1 is 0.906 bits per heavy atom. The number of para-hydroxylation sites is 1. The molecule has 1 amide bonds. The summed E-state index contributed by atoms with van der Waals surface area (Å²) in [6.07, 6.45) is 0.460. The van der Waals surface area contributed by atoms with Gasteiger partial charge in [0.1, 0.15) is 17.8 Å². The van der Waals surface area contributed by atoms with Crippen LogP contribution in [0.5, 0.6) is 11.5 Å². The minimum absolute atomic E-state index is 0.309. The molecule has 1 N–H and O–H groups in total. The second-order valence-corrected chi connectivity index (χ2v) is 6.78. The van der Waals surface area contributed by atoms with Crippen molar-refractivity contribution < 1.29 is 19.1 Å². The van der Waals surface area contributed by atoms with Gasteiger partial charge in [0.2, 0.25) is 0 Å². The van der Waals surface area contributed by atoms with Crippen molar-refractivity contribution in [1.29, 1.82) is 0 Å². The van der Waals surface area contributed by atoms with E-state index in [1.54, 1.807) is 48.5 Å². The van der Waals surface area contributed by atoms with Crippen LogP contribution >= 0.6 is 0 Å². The highest BCUT2D eigenvalue weighted by Crippen LogP contribution is 2.22. The third-order valence-electron chi connectivity index (χ3n) is 4.47. The number of amides is 1. The van der Waals surface area contributed by atoms with E-state index in [4.69, 9.17) is 9.47 Å². The highest BCUT2D eigenvalue weighted by atomic mass is 16.5. The minimum atomic E-state index is -0.984. The summed E-state index contributed by atoms with van der Waals surface area (Å²) in [4.78, 5) is 24.8. The Hall–Kier alpha value is -4.53. The Bertz CT molecular complexity index is 1180. The number of ether oxygens (including phenoxy) is 2. The molecule has 9 heteroatoms. The molecule has 0 unspecified atom stereocenters. The SMILES string of the molecule is C[C@@H](OC(=O)c1ccc(-n2cnnn2)cc1)C(=O)Nc1ccc(Oc2ccccc2)cc1. The number of hydrogen-bond acceptors (Lipinski definition) is 7. The van der Waals surface area contributed by atoms with Crippen LogP contribution in [0.25, 0.3) is 5.69 Å². The zero-order valence-corrected chi connectivity index (χ0v) is 17.1. The molecular weight excluding hydrogens is 410 g/mol. The van der Waals surface area contributed by atoms with Gasteiger partial charge in [-0.3, -0.25) is 4.79 Å². The van der Waals surface area contributed by atoms with Crippen LogP contribution in [0.2, 0.25) is 0 Å². The summed E-state index contributed by atoms with van der Waals surface area (Å²) >= 11 is 0. The van der Waals surface area contributed by atoms with Gasteiger partial charge < -0.3 is 14.8 Å². The molecule has 1 atom stereocenters. The van der Waals surface area contributed by atoms with Crippen LogP contribution < -0.4 is 10.1 Å². The summed E-state index contributed by atoms with van der Waals surface area (Å²) in [5.41, 5.74) is 1.56. The maximum absolute atomic E-state index is 12.4. The lowest BCUT2D eigenvalue weighted by Crippen LogP contribution is -2.30. The molecule has 0 radical (unpaired) electrons. The number of nitrogens with one attached hydrogen (secondary N) is 1. The fourth-order valence-corrected chi connectivity index (χ4v) is 2.79. The fourth-order valence-electron chi connectivity index (χ4n) is 2.79. The molecule has 0 aliphatic heterocycles. The van der Waals surface area contributed by atoms with Gasteiger partial charge >= 0.3 is 5.97 Å². The molecule has 4 aromatic rings. The predicted octanol–water partition coefficient (Wildman–Crippen LogP) is 3.64. The molecular formula is C23H19N5O4. The number of aromatic nitrogens is 4. The molecule has 9 nitrogen and oxygen atoms in total. The van der Waals surface area contributed by atoms with Gasteiger partial charge in [-0.2, -0.15) is 0 Å². The first-order valence-electron chi connectivity index (χ1n) is 9.77. The van der Waals surface area contributed by atoms with Gasteiger partial charge in [-0.25, -0.2) is 9.48 Å². The zero-order valence-electron chi connectivity index (χ0n) is 17.1. The Kier molecular flexibility index (Phi) is 6.17. The van der Waals surface area contributed by atoms with Gasteiger partial charge in [0.15, 0.2) is 6.10 Å². The number of tetrazole rings is 1. The van der Waals surface area contributed by atoms with Gasteiger partial charge in [0.25, 0.3) is 5.91 Å². The summed E-state index contributed by atoms with van der Waals surface area (Å²) in [6.45, 7) is 1.51. The quantitative estimate of drug-likeness (QED) is 0.447. The van der Waals surface area contributed by atoms with Crippen LogP contribution in [0.3, 0.4) is 0 Å². The van der Waals surface area contributed by atoms with Crippen molar-refractivity contribution in [2.75, 3.05) is 5.32 Å². The number of benzene rings is 3. The molecule has 0 fully saturated rings. The molecule has 32 heavy (non-hydrogen) atoms. The number of carbonyl (C=O) groups excluding carboxylic acids is 2. The maximum atomic E-state index is 12.4. The summed E-state index contributed by atoms with van der Waals surface area (Å²) < 4.78 is 12.5. The van der Waals surface area contributed by atoms with Crippen molar-refractivity contribution in [3.05, 3.63) is 90.8 Å². The number of carbonyl (C=O) groups is 2. The topological polar surface area (TPSA) is 108 Å². The number of hydrogen-bond donors (Lipinski definition) is 1. The first kappa shape index (κ1) is 20.7. The second kappa shape index (κ2) is 9.52. The van der Waals surface area contributed by atoms with E-state index in [2.05, 4.69) is 20.8 Å². The van der Waals surface area contributed by atoms with E-state index < -0.39 is 18.0 Å². The van der Waals surface area contributed by atoms with E-state index in [-0.39, 0.29) is 0 Å². The molecule has 0 bridgehead atoms. The van der Waals surface area contributed by atoms with E-state index in [0.717, 1.165) is 5.75 Å². The van der Waals surface area contributed by atoms with Crippen LogP contribution in [0.4, 0.5) is 5.69 Å².